The maximum absolute atomic E-state index is 12.3. The molecule has 0 unspecified atom stereocenters. The van der Waals surface area contributed by atoms with Crippen molar-refractivity contribution in [2.24, 2.45) is 0 Å². The van der Waals surface area contributed by atoms with Crippen molar-refractivity contribution in [3.8, 4) is 10.7 Å². The first-order chi connectivity index (χ1) is 11.8. The van der Waals surface area contributed by atoms with Crippen molar-refractivity contribution in [2.45, 2.75) is 6.54 Å². The van der Waals surface area contributed by atoms with Crippen molar-refractivity contribution in [3.05, 3.63) is 65.4 Å². The monoisotopic (exact) mass is 336 g/mol. The Hall–Kier alpha value is -3.06. The molecule has 1 N–H and O–H groups in total. The molecule has 0 aliphatic carbocycles. The molecular weight excluding hydrogens is 324 g/mol. The summed E-state index contributed by atoms with van der Waals surface area (Å²) in [6.45, 7) is 0.445. The van der Waals surface area contributed by atoms with E-state index in [1.165, 1.54) is 11.3 Å². The molecular formula is C17H12N4O2S. The van der Waals surface area contributed by atoms with Crippen molar-refractivity contribution in [1.82, 2.24) is 20.4 Å². The van der Waals surface area contributed by atoms with Gasteiger partial charge in [0.15, 0.2) is 5.58 Å². The summed E-state index contributed by atoms with van der Waals surface area (Å²) in [5.74, 6) is -0.166. The molecule has 0 aliphatic heterocycles. The van der Waals surface area contributed by atoms with Crippen LogP contribution in [0.15, 0.2) is 58.8 Å². The minimum Gasteiger partial charge on any atom is -0.356 e. The highest BCUT2D eigenvalue weighted by Crippen LogP contribution is 2.29. The lowest BCUT2D eigenvalue weighted by molar-refractivity contribution is 0.0951. The second-order valence-corrected chi connectivity index (χ2v) is 6.01. The van der Waals surface area contributed by atoms with Crippen molar-refractivity contribution in [1.29, 1.82) is 0 Å². The molecule has 4 aromatic rings. The van der Waals surface area contributed by atoms with Crippen LogP contribution < -0.4 is 5.32 Å². The number of nitrogens with one attached hydrogen (secondary N) is 1. The van der Waals surface area contributed by atoms with Gasteiger partial charge in [-0.1, -0.05) is 5.16 Å². The van der Waals surface area contributed by atoms with E-state index >= 15 is 0 Å². The molecule has 7 heteroatoms. The third kappa shape index (κ3) is 2.77. The van der Waals surface area contributed by atoms with Gasteiger partial charge in [0, 0.05) is 36.1 Å². The number of amides is 1. The van der Waals surface area contributed by atoms with Gasteiger partial charge in [-0.3, -0.25) is 9.78 Å². The van der Waals surface area contributed by atoms with E-state index in [0.29, 0.717) is 23.4 Å². The highest BCUT2D eigenvalue weighted by atomic mass is 32.1. The molecule has 0 spiro atoms. The molecule has 1 aromatic carbocycles. The topological polar surface area (TPSA) is 80.9 Å². The van der Waals surface area contributed by atoms with E-state index in [2.05, 4.69) is 20.4 Å². The summed E-state index contributed by atoms with van der Waals surface area (Å²) in [6, 6.07) is 9.02. The van der Waals surface area contributed by atoms with E-state index < -0.39 is 0 Å². The average Bonchev–Trinajstić information content (AvgIpc) is 3.29. The third-order valence-corrected chi connectivity index (χ3v) is 4.35. The third-order valence-electron chi connectivity index (χ3n) is 3.57. The summed E-state index contributed by atoms with van der Waals surface area (Å²) in [5.41, 5.74) is 2.78. The number of benzene rings is 1. The molecule has 0 fully saturated rings. The fourth-order valence-electron chi connectivity index (χ4n) is 2.36. The van der Waals surface area contributed by atoms with Crippen LogP contribution in [-0.4, -0.2) is 21.0 Å². The Labute approximate surface area is 141 Å². The summed E-state index contributed by atoms with van der Waals surface area (Å²) >= 11 is 1.49. The Morgan fingerprint density at radius 2 is 2.04 bits per heavy atom. The van der Waals surface area contributed by atoms with E-state index in [-0.39, 0.29) is 5.91 Å². The molecule has 118 valence electrons. The number of hydrogen-bond acceptors (Lipinski definition) is 6. The molecule has 0 bridgehead atoms. The van der Waals surface area contributed by atoms with Crippen LogP contribution in [0.25, 0.3) is 21.7 Å². The quantitative estimate of drug-likeness (QED) is 0.618. The first-order valence-corrected chi connectivity index (χ1v) is 8.15. The fourth-order valence-corrected chi connectivity index (χ4v) is 2.99. The molecule has 3 aromatic heterocycles. The fraction of sp³-hybridized carbons (Fsp3) is 0.0588. The van der Waals surface area contributed by atoms with Crippen LogP contribution in [0.1, 0.15) is 15.9 Å². The van der Waals surface area contributed by atoms with Crippen molar-refractivity contribution >= 4 is 28.2 Å². The van der Waals surface area contributed by atoms with Crippen molar-refractivity contribution in [2.75, 3.05) is 0 Å². The van der Waals surface area contributed by atoms with Crippen LogP contribution in [0, 0.1) is 0 Å². The molecule has 1 amide bonds. The maximum Gasteiger partial charge on any atom is 0.251 e. The van der Waals surface area contributed by atoms with Gasteiger partial charge in [0.1, 0.15) is 10.7 Å². The number of thiazole rings is 1. The number of rotatable bonds is 4. The van der Waals surface area contributed by atoms with Gasteiger partial charge >= 0.3 is 0 Å². The van der Waals surface area contributed by atoms with Crippen LogP contribution in [0.3, 0.4) is 0 Å². The minimum atomic E-state index is -0.166. The van der Waals surface area contributed by atoms with Gasteiger partial charge in [0.05, 0.1) is 5.39 Å². The van der Waals surface area contributed by atoms with Gasteiger partial charge in [-0.15, -0.1) is 11.3 Å². The first-order valence-electron chi connectivity index (χ1n) is 7.27. The molecule has 0 saturated heterocycles. The molecule has 24 heavy (non-hydrogen) atoms. The van der Waals surface area contributed by atoms with Crippen molar-refractivity contribution < 1.29 is 9.32 Å². The van der Waals surface area contributed by atoms with E-state index in [1.807, 2.05) is 23.6 Å². The molecule has 0 aliphatic rings. The van der Waals surface area contributed by atoms with Crippen molar-refractivity contribution in [3.63, 3.8) is 0 Å². The minimum absolute atomic E-state index is 0.166. The van der Waals surface area contributed by atoms with E-state index in [0.717, 1.165) is 16.0 Å². The zero-order valence-corrected chi connectivity index (χ0v) is 13.3. The molecule has 0 radical (unpaired) electrons. The predicted octanol–water partition coefficient (Wildman–Crippen LogP) is 3.28. The molecule has 0 saturated carbocycles. The Balaban J connectivity index is 1.56. The second kappa shape index (κ2) is 6.21. The summed E-state index contributed by atoms with van der Waals surface area (Å²) in [7, 11) is 0. The number of pyridine rings is 1. The number of nitrogens with zero attached hydrogens (tertiary/aromatic N) is 3. The zero-order valence-electron chi connectivity index (χ0n) is 12.5. The highest BCUT2D eigenvalue weighted by Gasteiger charge is 2.15. The summed E-state index contributed by atoms with van der Waals surface area (Å²) in [4.78, 5) is 20.5. The lowest BCUT2D eigenvalue weighted by Crippen LogP contribution is -2.22. The largest absolute Gasteiger partial charge is 0.356 e. The van der Waals surface area contributed by atoms with Gasteiger partial charge in [-0.25, -0.2) is 4.98 Å². The Kier molecular flexibility index (Phi) is 3.76. The SMILES string of the molecule is O=C(NCc1ccncc1)c1ccc2c(-c3nccs3)noc2c1. The number of fused-ring (bicyclic) bond motifs is 1. The van der Waals surface area contributed by atoms with Crippen LogP contribution >= 0.6 is 11.3 Å². The molecule has 4 rings (SSSR count). The van der Waals surface area contributed by atoms with Gasteiger partial charge in [-0.2, -0.15) is 0 Å². The molecule has 3 heterocycles. The zero-order chi connectivity index (χ0) is 16.4. The van der Waals surface area contributed by atoms with Crippen LogP contribution in [-0.2, 0) is 6.54 Å². The lowest BCUT2D eigenvalue weighted by atomic mass is 10.1. The number of aromatic nitrogens is 3. The smallest absolute Gasteiger partial charge is 0.251 e. The van der Waals surface area contributed by atoms with Crippen LogP contribution in [0.2, 0.25) is 0 Å². The first kappa shape index (κ1) is 14.5. The summed E-state index contributed by atoms with van der Waals surface area (Å²) < 4.78 is 5.35. The Morgan fingerprint density at radius 3 is 2.83 bits per heavy atom. The van der Waals surface area contributed by atoms with E-state index in [4.69, 9.17) is 4.52 Å². The summed E-state index contributed by atoms with van der Waals surface area (Å²) in [5, 5.41) is 10.5. The average molecular weight is 336 g/mol. The second-order valence-electron chi connectivity index (χ2n) is 5.12. The van der Waals surface area contributed by atoms with Crippen LogP contribution in [0.5, 0.6) is 0 Å². The Bertz CT molecular complexity index is 980. The normalized spacial score (nSPS) is 10.8. The number of hydrogen-bond donors (Lipinski definition) is 1. The van der Waals surface area contributed by atoms with Gasteiger partial charge in [-0.05, 0) is 35.9 Å². The highest BCUT2D eigenvalue weighted by molar-refractivity contribution is 7.13. The number of carbonyl (C=O) groups excluding carboxylic acids is 1. The predicted molar refractivity (Wildman–Crippen MR) is 90.5 cm³/mol. The van der Waals surface area contributed by atoms with E-state index in [1.54, 1.807) is 30.7 Å². The van der Waals surface area contributed by atoms with Gasteiger partial charge < -0.3 is 9.84 Å². The Morgan fingerprint density at radius 1 is 1.17 bits per heavy atom. The lowest BCUT2D eigenvalue weighted by Gasteiger charge is -2.05. The molecule has 0 atom stereocenters. The number of carbonyl (C=O) groups is 1. The standard InChI is InChI=1S/C17H12N4O2S/c22-16(20-10-11-3-5-18-6-4-11)12-1-2-13-14(9-12)23-21-15(13)17-19-7-8-24-17/h1-9H,10H2,(H,20,22). The van der Waals surface area contributed by atoms with Gasteiger partial charge in [0.25, 0.3) is 5.91 Å². The van der Waals surface area contributed by atoms with E-state index in [9.17, 15) is 4.79 Å². The molecule has 6 nitrogen and oxygen atoms in total. The van der Waals surface area contributed by atoms with Gasteiger partial charge in [0.2, 0.25) is 0 Å². The summed E-state index contributed by atoms with van der Waals surface area (Å²) in [6.07, 6.45) is 5.12. The maximum atomic E-state index is 12.3. The van der Waals surface area contributed by atoms with Crippen LogP contribution in [0.4, 0.5) is 0 Å².